The number of likely N-dealkylation sites (tertiary alicyclic amines) is 1. The van der Waals surface area contributed by atoms with Crippen LogP contribution in [-0.2, 0) is 6.61 Å². The summed E-state index contributed by atoms with van der Waals surface area (Å²) in [7, 11) is 0. The molecule has 0 spiro atoms. The van der Waals surface area contributed by atoms with Gasteiger partial charge >= 0.3 is 0 Å². The maximum atomic E-state index is 12.5. The van der Waals surface area contributed by atoms with Crippen molar-refractivity contribution in [3.05, 3.63) is 46.4 Å². The molecule has 1 saturated heterocycles. The van der Waals surface area contributed by atoms with Crippen molar-refractivity contribution in [2.75, 3.05) is 13.1 Å². The number of amides is 1. The standard InChI is InChI=1S/C17H20N2O3S/c1-12-6-7-19(8-16(12)20)17(21)13-2-4-15(5-3-13)22-9-14-10-23-11-18-14/h2-5,10-12,16,20H,6-9H2,1H3. The minimum absolute atomic E-state index is 0.0398. The topological polar surface area (TPSA) is 62.7 Å². The number of carbonyl (C=O) groups excluding carboxylic acids is 1. The molecule has 3 rings (SSSR count). The summed E-state index contributed by atoms with van der Waals surface area (Å²) in [5.41, 5.74) is 3.29. The first-order chi connectivity index (χ1) is 11.1. The molecule has 1 aliphatic rings. The van der Waals surface area contributed by atoms with Crippen LogP contribution >= 0.6 is 11.3 Å². The number of aliphatic hydroxyl groups excluding tert-OH is 1. The summed E-state index contributed by atoms with van der Waals surface area (Å²) in [5.74, 6) is 0.921. The van der Waals surface area contributed by atoms with Gasteiger partial charge in [0, 0.05) is 24.0 Å². The van der Waals surface area contributed by atoms with Crippen LogP contribution < -0.4 is 4.74 Å². The molecule has 2 heterocycles. The van der Waals surface area contributed by atoms with Gasteiger partial charge in [0.15, 0.2) is 0 Å². The fourth-order valence-corrected chi connectivity index (χ4v) is 3.12. The molecule has 2 aromatic rings. The first-order valence-corrected chi connectivity index (χ1v) is 8.65. The normalized spacial score (nSPS) is 21.2. The molecule has 23 heavy (non-hydrogen) atoms. The van der Waals surface area contributed by atoms with E-state index in [1.807, 2.05) is 12.3 Å². The number of thiazole rings is 1. The van der Waals surface area contributed by atoms with Crippen LogP contribution in [0.1, 0.15) is 29.4 Å². The third kappa shape index (κ3) is 3.89. The maximum absolute atomic E-state index is 12.5. The zero-order chi connectivity index (χ0) is 16.2. The molecule has 6 heteroatoms. The minimum atomic E-state index is -0.437. The molecule has 1 aliphatic heterocycles. The van der Waals surface area contributed by atoms with Crippen LogP contribution in [0.5, 0.6) is 5.75 Å². The van der Waals surface area contributed by atoms with Crippen LogP contribution in [0, 0.1) is 5.92 Å². The summed E-state index contributed by atoms with van der Waals surface area (Å²) in [6.45, 7) is 3.54. The molecule has 2 atom stereocenters. The van der Waals surface area contributed by atoms with Crippen LogP contribution in [-0.4, -0.2) is 40.1 Å². The summed E-state index contributed by atoms with van der Waals surface area (Å²) < 4.78 is 5.64. The van der Waals surface area contributed by atoms with Gasteiger partial charge in [-0.2, -0.15) is 0 Å². The van der Waals surface area contributed by atoms with Gasteiger partial charge in [-0.05, 0) is 36.6 Å². The number of rotatable bonds is 4. The zero-order valence-corrected chi connectivity index (χ0v) is 13.8. The average molecular weight is 332 g/mol. The summed E-state index contributed by atoms with van der Waals surface area (Å²) in [4.78, 5) is 18.4. The number of carbonyl (C=O) groups is 1. The van der Waals surface area contributed by atoms with E-state index in [1.165, 1.54) is 11.3 Å². The molecule has 0 radical (unpaired) electrons. The van der Waals surface area contributed by atoms with E-state index in [0.717, 1.165) is 12.1 Å². The second kappa shape index (κ2) is 7.10. The molecule has 0 aliphatic carbocycles. The molecule has 1 fully saturated rings. The Morgan fingerprint density at radius 1 is 1.43 bits per heavy atom. The molecular weight excluding hydrogens is 312 g/mol. The molecular formula is C17H20N2O3S. The lowest BCUT2D eigenvalue weighted by Crippen LogP contribution is -2.45. The number of benzene rings is 1. The third-order valence-electron chi connectivity index (χ3n) is 4.18. The van der Waals surface area contributed by atoms with Crippen molar-refractivity contribution < 1.29 is 14.6 Å². The summed E-state index contributed by atoms with van der Waals surface area (Å²) in [5, 5.41) is 11.9. The van der Waals surface area contributed by atoms with E-state index in [4.69, 9.17) is 4.74 Å². The van der Waals surface area contributed by atoms with E-state index >= 15 is 0 Å². The van der Waals surface area contributed by atoms with Crippen molar-refractivity contribution in [3.63, 3.8) is 0 Å². The Kier molecular flexibility index (Phi) is 4.93. The largest absolute Gasteiger partial charge is 0.487 e. The van der Waals surface area contributed by atoms with Gasteiger partial charge in [0.25, 0.3) is 5.91 Å². The van der Waals surface area contributed by atoms with E-state index in [0.29, 0.717) is 31.0 Å². The molecule has 0 bridgehead atoms. The van der Waals surface area contributed by atoms with Gasteiger partial charge in [-0.3, -0.25) is 4.79 Å². The van der Waals surface area contributed by atoms with E-state index in [9.17, 15) is 9.90 Å². The molecule has 5 nitrogen and oxygen atoms in total. The minimum Gasteiger partial charge on any atom is -0.487 e. The van der Waals surface area contributed by atoms with Crippen LogP contribution in [0.25, 0.3) is 0 Å². The highest BCUT2D eigenvalue weighted by molar-refractivity contribution is 7.07. The second-order valence-corrected chi connectivity index (χ2v) is 6.60. The lowest BCUT2D eigenvalue weighted by Gasteiger charge is -2.34. The SMILES string of the molecule is CC1CCN(C(=O)c2ccc(OCc3cscn3)cc2)CC1O. The van der Waals surface area contributed by atoms with Gasteiger partial charge in [0.1, 0.15) is 12.4 Å². The predicted molar refractivity (Wildman–Crippen MR) is 88.6 cm³/mol. The zero-order valence-electron chi connectivity index (χ0n) is 13.0. The average Bonchev–Trinajstić information content (AvgIpc) is 3.09. The van der Waals surface area contributed by atoms with Crippen molar-refractivity contribution in [1.82, 2.24) is 9.88 Å². The Morgan fingerprint density at radius 3 is 2.87 bits per heavy atom. The number of nitrogens with zero attached hydrogens (tertiary/aromatic N) is 2. The van der Waals surface area contributed by atoms with Gasteiger partial charge in [-0.1, -0.05) is 6.92 Å². The Labute approximate surface area is 139 Å². The number of aliphatic hydroxyl groups is 1. The lowest BCUT2D eigenvalue weighted by molar-refractivity contribution is 0.0248. The number of aromatic nitrogens is 1. The highest BCUT2D eigenvalue weighted by Crippen LogP contribution is 2.20. The number of hydrogen-bond acceptors (Lipinski definition) is 5. The Bertz CT molecular complexity index is 642. The number of piperidine rings is 1. The molecule has 2 unspecified atom stereocenters. The van der Waals surface area contributed by atoms with Crippen molar-refractivity contribution >= 4 is 17.2 Å². The van der Waals surface area contributed by atoms with Gasteiger partial charge in [0.05, 0.1) is 17.3 Å². The fourth-order valence-electron chi connectivity index (χ4n) is 2.58. The highest BCUT2D eigenvalue weighted by Gasteiger charge is 2.27. The van der Waals surface area contributed by atoms with Crippen molar-refractivity contribution in [1.29, 1.82) is 0 Å². The Hall–Kier alpha value is -1.92. The number of hydrogen-bond donors (Lipinski definition) is 1. The summed E-state index contributed by atoms with van der Waals surface area (Å²) in [6.07, 6.45) is 0.398. The summed E-state index contributed by atoms with van der Waals surface area (Å²) in [6, 6.07) is 7.12. The van der Waals surface area contributed by atoms with Crippen molar-refractivity contribution in [2.24, 2.45) is 5.92 Å². The fraction of sp³-hybridized carbons (Fsp3) is 0.412. The molecule has 1 aromatic carbocycles. The number of β-amino-alcohol motifs (C(OH)–C–C–N with tert-alkyl or cyclic N) is 1. The van der Waals surface area contributed by atoms with Gasteiger partial charge in [-0.25, -0.2) is 4.98 Å². The molecule has 0 saturated carbocycles. The summed E-state index contributed by atoms with van der Waals surface area (Å²) >= 11 is 1.54. The Balaban J connectivity index is 1.59. The van der Waals surface area contributed by atoms with E-state index in [-0.39, 0.29) is 11.8 Å². The highest BCUT2D eigenvalue weighted by atomic mass is 32.1. The van der Waals surface area contributed by atoms with Crippen LogP contribution in [0.3, 0.4) is 0 Å². The molecule has 1 aromatic heterocycles. The molecule has 1 N–H and O–H groups in total. The van der Waals surface area contributed by atoms with E-state index in [1.54, 1.807) is 34.7 Å². The quantitative estimate of drug-likeness (QED) is 0.935. The third-order valence-corrected chi connectivity index (χ3v) is 4.81. The lowest BCUT2D eigenvalue weighted by atomic mass is 9.95. The van der Waals surface area contributed by atoms with Crippen molar-refractivity contribution in [2.45, 2.75) is 26.1 Å². The Morgan fingerprint density at radius 2 is 2.22 bits per heavy atom. The van der Waals surface area contributed by atoms with Gasteiger partial charge in [-0.15, -0.1) is 11.3 Å². The first kappa shape index (κ1) is 16.0. The first-order valence-electron chi connectivity index (χ1n) is 7.71. The number of ether oxygens (including phenoxy) is 1. The molecule has 1 amide bonds. The van der Waals surface area contributed by atoms with Crippen molar-refractivity contribution in [3.8, 4) is 5.75 Å². The van der Waals surface area contributed by atoms with Crippen LogP contribution in [0.2, 0.25) is 0 Å². The van der Waals surface area contributed by atoms with E-state index < -0.39 is 6.10 Å². The van der Waals surface area contributed by atoms with Gasteiger partial charge < -0.3 is 14.7 Å². The van der Waals surface area contributed by atoms with Crippen LogP contribution in [0.4, 0.5) is 0 Å². The smallest absolute Gasteiger partial charge is 0.253 e. The molecule has 122 valence electrons. The predicted octanol–water partition coefficient (Wildman–Crippen LogP) is 2.57. The monoisotopic (exact) mass is 332 g/mol. The second-order valence-electron chi connectivity index (χ2n) is 5.88. The maximum Gasteiger partial charge on any atom is 0.253 e. The van der Waals surface area contributed by atoms with Gasteiger partial charge in [0.2, 0.25) is 0 Å². The van der Waals surface area contributed by atoms with E-state index in [2.05, 4.69) is 4.98 Å². The van der Waals surface area contributed by atoms with Crippen LogP contribution in [0.15, 0.2) is 35.2 Å².